The molecule has 21 heavy (non-hydrogen) atoms. The highest BCUT2D eigenvalue weighted by Crippen LogP contribution is 2.30. The number of hydrogen-bond acceptors (Lipinski definition) is 3. The molecule has 1 aromatic carbocycles. The third-order valence-corrected chi connectivity index (χ3v) is 5.37. The molecule has 114 valence electrons. The summed E-state index contributed by atoms with van der Waals surface area (Å²) in [4.78, 5) is 10.8. The van der Waals surface area contributed by atoms with Crippen molar-refractivity contribution in [1.82, 2.24) is 4.31 Å². The van der Waals surface area contributed by atoms with Crippen LogP contribution in [0.15, 0.2) is 41.3 Å². The lowest BCUT2D eigenvalue weighted by Gasteiger charge is -2.20. The average Bonchev–Trinajstić information content (AvgIpc) is 3.27. The third kappa shape index (κ3) is 4.51. The Labute approximate surface area is 126 Å². The number of rotatable bonds is 8. The zero-order chi connectivity index (χ0) is 15.3. The SMILES string of the molecule is Cc1ccc(S(=O)(=O)N(C/C=C/C2CC2)CCC=O)cc1. The van der Waals surface area contributed by atoms with Crippen LogP contribution in [0.5, 0.6) is 0 Å². The van der Waals surface area contributed by atoms with Crippen molar-refractivity contribution in [3.05, 3.63) is 42.0 Å². The van der Waals surface area contributed by atoms with Gasteiger partial charge in [-0.05, 0) is 37.8 Å². The molecule has 0 amide bonds. The lowest BCUT2D eigenvalue weighted by Crippen LogP contribution is -2.32. The molecule has 0 aliphatic heterocycles. The van der Waals surface area contributed by atoms with Crippen LogP contribution < -0.4 is 0 Å². The molecule has 0 saturated heterocycles. The molecule has 0 bridgehead atoms. The molecule has 1 aliphatic carbocycles. The van der Waals surface area contributed by atoms with Gasteiger partial charge in [0.25, 0.3) is 0 Å². The maximum absolute atomic E-state index is 12.6. The molecule has 1 saturated carbocycles. The molecular weight excluding hydrogens is 286 g/mol. The Morgan fingerprint density at radius 2 is 1.90 bits per heavy atom. The van der Waals surface area contributed by atoms with Gasteiger partial charge < -0.3 is 4.79 Å². The van der Waals surface area contributed by atoms with Crippen molar-refractivity contribution in [2.75, 3.05) is 13.1 Å². The van der Waals surface area contributed by atoms with Crippen LogP contribution in [0.4, 0.5) is 0 Å². The quantitative estimate of drug-likeness (QED) is 0.548. The maximum Gasteiger partial charge on any atom is 0.243 e. The molecule has 2 rings (SSSR count). The molecule has 0 aromatic heterocycles. The second-order valence-electron chi connectivity index (χ2n) is 5.40. The van der Waals surface area contributed by atoms with Gasteiger partial charge in [-0.15, -0.1) is 0 Å². The minimum absolute atomic E-state index is 0.211. The van der Waals surface area contributed by atoms with Crippen LogP contribution in [-0.4, -0.2) is 32.1 Å². The summed E-state index contributed by atoms with van der Waals surface area (Å²) in [5, 5.41) is 0. The second kappa shape index (κ2) is 7.00. The largest absolute Gasteiger partial charge is 0.303 e. The van der Waals surface area contributed by atoms with E-state index in [9.17, 15) is 13.2 Å². The smallest absolute Gasteiger partial charge is 0.243 e. The number of aldehydes is 1. The summed E-state index contributed by atoms with van der Waals surface area (Å²) in [7, 11) is -3.54. The Hall–Kier alpha value is -1.46. The van der Waals surface area contributed by atoms with Crippen molar-refractivity contribution in [3.63, 3.8) is 0 Å². The highest BCUT2D eigenvalue weighted by molar-refractivity contribution is 7.89. The van der Waals surface area contributed by atoms with Crippen LogP contribution in [0.2, 0.25) is 0 Å². The van der Waals surface area contributed by atoms with Crippen molar-refractivity contribution >= 4 is 16.3 Å². The lowest BCUT2D eigenvalue weighted by molar-refractivity contribution is -0.107. The molecular formula is C16H21NO3S. The van der Waals surface area contributed by atoms with Gasteiger partial charge in [0, 0.05) is 19.5 Å². The number of nitrogens with zero attached hydrogens (tertiary/aromatic N) is 1. The van der Waals surface area contributed by atoms with E-state index in [0.717, 1.165) is 11.8 Å². The molecule has 4 nitrogen and oxygen atoms in total. The number of hydrogen-bond donors (Lipinski definition) is 0. The number of allylic oxidation sites excluding steroid dienone is 1. The lowest BCUT2D eigenvalue weighted by atomic mass is 10.2. The summed E-state index contributed by atoms with van der Waals surface area (Å²) in [6, 6.07) is 6.79. The first kappa shape index (κ1) is 15.9. The van der Waals surface area contributed by atoms with E-state index in [1.54, 1.807) is 24.3 Å². The van der Waals surface area contributed by atoms with Crippen LogP contribution >= 0.6 is 0 Å². The first-order valence-electron chi connectivity index (χ1n) is 7.21. The summed E-state index contributed by atoms with van der Waals surface area (Å²) in [5.41, 5.74) is 1.02. The van der Waals surface area contributed by atoms with Gasteiger partial charge in [-0.25, -0.2) is 8.42 Å². The Kier molecular flexibility index (Phi) is 5.31. The van der Waals surface area contributed by atoms with Crippen molar-refractivity contribution in [3.8, 4) is 0 Å². The van der Waals surface area contributed by atoms with Crippen LogP contribution in [0, 0.1) is 12.8 Å². The Morgan fingerprint density at radius 1 is 1.24 bits per heavy atom. The van der Waals surface area contributed by atoms with Gasteiger partial charge in [-0.3, -0.25) is 0 Å². The standard InChI is InChI=1S/C16H21NO3S/c1-14-5-9-16(10-6-14)21(19,20)17(12-3-13-18)11-2-4-15-7-8-15/h2,4-6,9-10,13,15H,3,7-8,11-12H2,1H3/b4-2+. The van der Waals surface area contributed by atoms with E-state index in [2.05, 4.69) is 6.08 Å². The van der Waals surface area contributed by atoms with Gasteiger partial charge in [0.1, 0.15) is 6.29 Å². The predicted octanol–water partition coefficient (Wildman–Crippen LogP) is 2.54. The predicted molar refractivity (Wildman–Crippen MR) is 82.5 cm³/mol. The summed E-state index contributed by atoms with van der Waals surface area (Å²) >= 11 is 0. The molecule has 1 fully saturated rings. The Morgan fingerprint density at radius 3 is 2.48 bits per heavy atom. The summed E-state index contributed by atoms with van der Waals surface area (Å²) in [6.45, 7) is 2.45. The van der Waals surface area contributed by atoms with E-state index < -0.39 is 10.0 Å². The molecule has 0 N–H and O–H groups in total. The molecule has 0 unspecified atom stereocenters. The fourth-order valence-electron chi connectivity index (χ4n) is 2.03. The number of carbonyl (C=O) groups excluding carboxylic acids is 1. The van der Waals surface area contributed by atoms with Gasteiger partial charge in [0.05, 0.1) is 4.90 Å². The summed E-state index contributed by atoms with van der Waals surface area (Å²) in [6.07, 6.45) is 7.31. The number of benzene rings is 1. The zero-order valence-corrected chi connectivity index (χ0v) is 13.1. The minimum Gasteiger partial charge on any atom is -0.303 e. The highest BCUT2D eigenvalue weighted by atomic mass is 32.2. The number of carbonyl (C=O) groups is 1. The van der Waals surface area contributed by atoms with Gasteiger partial charge in [-0.2, -0.15) is 4.31 Å². The van der Waals surface area contributed by atoms with E-state index in [0.29, 0.717) is 12.5 Å². The van der Waals surface area contributed by atoms with Crippen LogP contribution in [0.3, 0.4) is 0 Å². The van der Waals surface area contributed by atoms with E-state index in [1.807, 2.05) is 13.0 Å². The fourth-order valence-corrected chi connectivity index (χ4v) is 3.43. The number of aryl methyl sites for hydroxylation is 1. The first-order valence-corrected chi connectivity index (χ1v) is 8.65. The number of sulfonamides is 1. The topological polar surface area (TPSA) is 54.5 Å². The zero-order valence-electron chi connectivity index (χ0n) is 12.2. The van der Waals surface area contributed by atoms with E-state index >= 15 is 0 Å². The molecule has 0 heterocycles. The second-order valence-corrected chi connectivity index (χ2v) is 7.33. The molecule has 1 aliphatic rings. The molecule has 5 heteroatoms. The minimum atomic E-state index is -3.54. The van der Waals surface area contributed by atoms with Gasteiger partial charge in [0.15, 0.2) is 0 Å². The summed E-state index contributed by atoms with van der Waals surface area (Å²) in [5.74, 6) is 0.611. The third-order valence-electron chi connectivity index (χ3n) is 3.49. The Balaban J connectivity index is 2.15. The van der Waals surface area contributed by atoms with Gasteiger partial charge >= 0.3 is 0 Å². The Bertz CT molecular complexity index is 601. The fraction of sp³-hybridized carbons (Fsp3) is 0.438. The van der Waals surface area contributed by atoms with Crippen molar-refractivity contribution in [2.45, 2.75) is 31.1 Å². The molecule has 1 aromatic rings. The highest BCUT2D eigenvalue weighted by Gasteiger charge is 2.23. The van der Waals surface area contributed by atoms with E-state index in [-0.39, 0.29) is 17.9 Å². The molecule has 0 atom stereocenters. The first-order chi connectivity index (χ1) is 10.0. The van der Waals surface area contributed by atoms with Crippen LogP contribution in [0.1, 0.15) is 24.8 Å². The van der Waals surface area contributed by atoms with Crippen molar-refractivity contribution < 1.29 is 13.2 Å². The van der Waals surface area contributed by atoms with Gasteiger partial charge in [0.2, 0.25) is 10.0 Å². The van der Waals surface area contributed by atoms with E-state index in [4.69, 9.17) is 0 Å². The van der Waals surface area contributed by atoms with Crippen molar-refractivity contribution in [1.29, 1.82) is 0 Å². The average molecular weight is 307 g/mol. The van der Waals surface area contributed by atoms with E-state index in [1.165, 1.54) is 17.1 Å². The summed E-state index contributed by atoms with van der Waals surface area (Å²) < 4.78 is 26.6. The van der Waals surface area contributed by atoms with Crippen LogP contribution in [-0.2, 0) is 14.8 Å². The van der Waals surface area contributed by atoms with Crippen LogP contribution in [0.25, 0.3) is 0 Å². The normalized spacial score (nSPS) is 15.7. The molecule has 0 spiro atoms. The monoisotopic (exact) mass is 307 g/mol. The maximum atomic E-state index is 12.6. The molecule has 0 radical (unpaired) electrons. The van der Waals surface area contributed by atoms with Gasteiger partial charge in [-0.1, -0.05) is 29.8 Å². The van der Waals surface area contributed by atoms with Crippen molar-refractivity contribution in [2.24, 2.45) is 5.92 Å².